The molecule has 0 spiro atoms. The predicted molar refractivity (Wildman–Crippen MR) is 41.4 cm³/mol. The maximum atomic E-state index is 5.97. The second kappa shape index (κ2) is 1.80. The summed E-state index contributed by atoms with van der Waals surface area (Å²) in [6, 6.07) is 0. The maximum Gasteiger partial charge on any atom is 0.0704 e. The van der Waals surface area contributed by atoms with E-state index in [2.05, 4.69) is 12.2 Å². The minimum Gasteiger partial charge on any atom is -0.371 e. The van der Waals surface area contributed by atoms with Crippen LogP contribution in [0.15, 0.2) is 0 Å². The molecule has 0 N–H and O–H groups in total. The summed E-state index contributed by atoms with van der Waals surface area (Å²) in [6.07, 6.45) is 3.12. The lowest BCUT2D eigenvalue weighted by Gasteiger charge is -2.27. The lowest BCUT2D eigenvalue weighted by atomic mass is 9.75. The molecule has 2 heteroatoms. The van der Waals surface area contributed by atoms with Crippen molar-refractivity contribution in [2.75, 3.05) is 13.1 Å². The first kappa shape index (κ1) is 6.44. The second-order valence-corrected chi connectivity index (χ2v) is 4.37. The number of rotatable bonds is 0. The fourth-order valence-corrected chi connectivity index (χ4v) is 3.11. The van der Waals surface area contributed by atoms with Gasteiger partial charge in [-0.1, -0.05) is 0 Å². The van der Waals surface area contributed by atoms with Crippen molar-refractivity contribution in [2.24, 2.45) is 11.8 Å². The minimum atomic E-state index is 0.218. The SMILES string of the molecule is CC12CCC(O1)C1C[N]CC12. The van der Waals surface area contributed by atoms with Gasteiger partial charge in [-0.2, -0.15) is 0 Å². The highest BCUT2D eigenvalue weighted by Gasteiger charge is 2.58. The largest absolute Gasteiger partial charge is 0.371 e. The Morgan fingerprint density at radius 1 is 1.45 bits per heavy atom. The van der Waals surface area contributed by atoms with Crippen molar-refractivity contribution >= 4 is 0 Å². The molecule has 11 heavy (non-hydrogen) atoms. The molecule has 2 nitrogen and oxygen atoms in total. The fraction of sp³-hybridized carbons (Fsp3) is 1.00. The highest BCUT2D eigenvalue weighted by Crippen LogP contribution is 2.52. The van der Waals surface area contributed by atoms with Crippen LogP contribution in [0.4, 0.5) is 0 Å². The number of fused-ring (bicyclic) bond motifs is 5. The summed E-state index contributed by atoms with van der Waals surface area (Å²) in [7, 11) is 0. The van der Waals surface area contributed by atoms with Gasteiger partial charge >= 0.3 is 0 Å². The van der Waals surface area contributed by atoms with Crippen molar-refractivity contribution in [3.8, 4) is 0 Å². The molecule has 0 aliphatic carbocycles. The Hall–Kier alpha value is -0.0800. The summed E-state index contributed by atoms with van der Waals surface area (Å²) in [5, 5.41) is 4.47. The lowest BCUT2D eigenvalue weighted by molar-refractivity contribution is 0.00508. The van der Waals surface area contributed by atoms with Gasteiger partial charge in [-0.3, -0.25) is 0 Å². The van der Waals surface area contributed by atoms with E-state index in [-0.39, 0.29) is 5.60 Å². The van der Waals surface area contributed by atoms with Crippen LogP contribution in [0.2, 0.25) is 0 Å². The molecule has 2 bridgehead atoms. The smallest absolute Gasteiger partial charge is 0.0704 e. The highest BCUT2D eigenvalue weighted by molar-refractivity contribution is 5.07. The summed E-state index contributed by atoms with van der Waals surface area (Å²) in [4.78, 5) is 0. The fourth-order valence-electron chi connectivity index (χ4n) is 3.11. The lowest BCUT2D eigenvalue weighted by Crippen LogP contribution is -2.34. The Balaban J connectivity index is 1.98. The number of nitrogens with zero attached hydrogens (tertiary/aromatic N) is 1. The van der Waals surface area contributed by atoms with E-state index in [1.807, 2.05) is 0 Å². The van der Waals surface area contributed by atoms with Crippen LogP contribution in [-0.2, 0) is 4.74 Å². The molecule has 0 saturated carbocycles. The molecule has 4 unspecified atom stereocenters. The third kappa shape index (κ3) is 0.651. The van der Waals surface area contributed by atoms with E-state index in [9.17, 15) is 0 Å². The van der Waals surface area contributed by atoms with Crippen LogP contribution >= 0.6 is 0 Å². The van der Waals surface area contributed by atoms with E-state index in [4.69, 9.17) is 4.74 Å². The summed E-state index contributed by atoms with van der Waals surface area (Å²) < 4.78 is 5.97. The molecule has 3 aliphatic heterocycles. The molecule has 61 valence electrons. The minimum absolute atomic E-state index is 0.218. The van der Waals surface area contributed by atoms with E-state index >= 15 is 0 Å². The molecule has 0 aromatic heterocycles. The quantitative estimate of drug-likeness (QED) is 0.503. The molecule has 3 rings (SSSR count). The van der Waals surface area contributed by atoms with Crippen LogP contribution in [0.3, 0.4) is 0 Å². The third-order valence-electron chi connectivity index (χ3n) is 3.79. The van der Waals surface area contributed by atoms with Crippen LogP contribution < -0.4 is 5.32 Å². The number of ether oxygens (including phenoxy) is 1. The van der Waals surface area contributed by atoms with Gasteiger partial charge in [-0.25, -0.2) is 5.32 Å². The molecule has 1 radical (unpaired) electrons. The van der Waals surface area contributed by atoms with Crippen LogP contribution in [0.5, 0.6) is 0 Å². The van der Waals surface area contributed by atoms with Crippen LogP contribution in [0.1, 0.15) is 19.8 Å². The zero-order valence-electron chi connectivity index (χ0n) is 6.92. The second-order valence-electron chi connectivity index (χ2n) is 4.37. The first-order valence-corrected chi connectivity index (χ1v) is 4.61. The van der Waals surface area contributed by atoms with Gasteiger partial charge in [-0.05, 0) is 19.8 Å². The summed E-state index contributed by atoms with van der Waals surface area (Å²) in [6.45, 7) is 4.42. The van der Waals surface area contributed by atoms with Crippen molar-refractivity contribution in [1.29, 1.82) is 0 Å². The van der Waals surface area contributed by atoms with E-state index in [1.165, 1.54) is 12.8 Å². The van der Waals surface area contributed by atoms with Gasteiger partial charge in [0.15, 0.2) is 0 Å². The van der Waals surface area contributed by atoms with Gasteiger partial charge in [0, 0.05) is 24.9 Å². The van der Waals surface area contributed by atoms with Crippen molar-refractivity contribution in [2.45, 2.75) is 31.5 Å². The van der Waals surface area contributed by atoms with E-state index in [1.54, 1.807) is 0 Å². The van der Waals surface area contributed by atoms with Crippen molar-refractivity contribution in [3.63, 3.8) is 0 Å². The molecule has 4 atom stereocenters. The summed E-state index contributed by atoms with van der Waals surface area (Å²) >= 11 is 0. The summed E-state index contributed by atoms with van der Waals surface area (Å²) in [5.74, 6) is 1.55. The van der Waals surface area contributed by atoms with Gasteiger partial charge in [-0.15, -0.1) is 0 Å². The van der Waals surface area contributed by atoms with Gasteiger partial charge in [0.25, 0.3) is 0 Å². The molecule has 0 amide bonds. The Morgan fingerprint density at radius 3 is 3.18 bits per heavy atom. The first-order valence-electron chi connectivity index (χ1n) is 4.61. The van der Waals surface area contributed by atoms with Gasteiger partial charge in [0.2, 0.25) is 0 Å². The van der Waals surface area contributed by atoms with Crippen molar-refractivity contribution < 1.29 is 4.74 Å². The van der Waals surface area contributed by atoms with Gasteiger partial charge in [0.05, 0.1) is 11.7 Å². The Kier molecular flexibility index (Phi) is 1.06. The third-order valence-corrected chi connectivity index (χ3v) is 3.79. The van der Waals surface area contributed by atoms with Crippen LogP contribution in [0.25, 0.3) is 0 Å². The normalized spacial score (nSPS) is 60.3. The molecule has 0 aromatic carbocycles. The Labute approximate surface area is 67.3 Å². The highest BCUT2D eigenvalue weighted by atomic mass is 16.5. The summed E-state index contributed by atoms with van der Waals surface area (Å²) in [5.41, 5.74) is 0.218. The van der Waals surface area contributed by atoms with Crippen molar-refractivity contribution in [3.05, 3.63) is 0 Å². The molecule has 3 heterocycles. The zero-order chi connectivity index (χ0) is 7.47. The predicted octanol–water partition coefficient (Wildman–Crippen LogP) is 0.788. The standard InChI is InChI=1S/C9H14NO/c1-9-3-2-8(11-9)6-4-10-5-7(6)9/h6-8H,2-5H2,1H3. The molecule has 3 saturated heterocycles. The molecular formula is C9H14NO. The molecule has 3 fully saturated rings. The van der Waals surface area contributed by atoms with Gasteiger partial charge in [0.1, 0.15) is 0 Å². The Morgan fingerprint density at radius 2 is 2.36 bits per heavy atom. The number of hydrogen-bond donors (Lipinski definition) is 0. The topological polar surface area (TPSA) is 23.3 Å². The maximum absolute atomic E-state index is 5.97. The Bertz CT molecular complexity index is 194. The average molecular weight is 152 g/mol. The molecule has 3 aliphatic rings. The average Bonchev–Trinajstić information content (AvgIpc) is 2.53. The molecule has 0 aromatic rings. The van der Waals surface area contributed by atoms with Crippen LogP contribution in [0, 0.1) is 11.8 Å². The number of hydrogen-bond acceptors (Lipinski definition) is 1. The van der Waals surface area contributed by atoms with Crippen molar-refractivity contribution in [1.82, 2.24) is 5.32 Å². The zero-order valence-corrected chi connectivity index (χ0v) is 6.92. The van der Waals surface area contributed by atoms with Crippen LogP contribution in [-0.4, -0.2) is 24.8 Å². The van der Waals surface area contributed by atoms with E-state index in [0.717, 1.165) is 24.9 Å². The van der Waals surface area contributed by atoms with Gasteiger partial charge < -0.3 is 4.74 Å². The monoisotopic (exact) mass is 152 g/mol. The van der Waals surface area contributed by atoms with E-state index < -0.39 is 0 Å². The molecular weight excluding hydrogens is 138 g/mol. The first-order chi connectivity index (χ1) is 5.30. The van der Waals surface area contributed by atoms with E-state index in [0.29, 0.717) is 6.10 Å².